The first-order valence-electron chi connectivity index (χ1n) is 5.92. The van der Waals surface area contributed by atoms with E-state index in [2.05, 4.69) is 20.8 Å². The highest BCUT2D eigenvalue weighted by molar-refractivity contribution is 9.10. The number of hydrogen-bond donors (Lipinski definition) is 0. The van der Waals surface area contributed by atoms with Crippen LogP contribution in [0.15, 0.2) is 16.6 Å². The lowest BCUT2D eigenvalue weighted by Crippen LogP contribution is -2.51. The predicted octanol–water partition coefficient (Wildman–Crippen LogP) is 2.22. The van der Waals surface area contributed by atoms with Crippen LogP contribution in [0.5, 0.6) is 11.5 Å². The van der Waals surface area contributed by atoms with Gasteiger partial charge in [-0.05, 0) is 19.2 Å². The Labute approximate surface area is 131 Å². The molecule has 112 valence electrons. The van der Waals surface area contributed by atoms with E-state index < -0.39 is 9.05 Å². The van der Waals surface area contributed by atoms with Crippen LogP contribution in [0, 0.1) is 0 Å². The van der Waals surface area contributed by atoms with Gasteiger partial charge in [-0.25, -0.2) is 8.42 Å². The molecule has 0 spiro atoms. The topological polar surface area (TPSA) is 55.8 Å². The quantitative estimate of drug-likeness (QED) is 0.729. The molecular weight excluding hydrogens is 370 g/mol. The second-order valence-corrected chi connectivity index (χ2v) is 8.43. The third-order valence-corrected chi connectivity index (χ3v) is 4.40. The highest BCUT2D eigenvalue weighted by Crippen LogP contribution is 2.37. The van der Waals surface area contributed by atoms with Crippen molar-refractivity contribution in [1.82, 2.24) is 4.90 Å². The Morgan fingerprint density at radius 3 is 2.60 bits per heavy atom. The number of likely N-dealkylation sites (tertiary alicyclic amines) is 1. The van der Waals surface area contributed by atoms with Crippen molar-refractivity contribution in [3.05, 3.63) is 22.2 Å². The number of likely N-dealkylation sites (N-methyl/N-ethyl adjacent to an activating group) is 1. The van der Waals surface area contributed by atoms with Crippen LogP contribution in [0.25, 0.3) is 0 Å². The lowest BCUT2D eigenvalue weighted by atomic mass is 10.1. The molecule has 1 aliphatic rings. The molecule has 1 saturated heterocycles. The third kappa shape index (κ3) is 4.00. The van der Waals surface area contributed by atoms with E-state index in [1.807, 2.05) is 7.05 Å². The monoisotopic (exact) mass is 383 g/mol. The summed E-state index contributed by atoms with van der Waals surface area (Å²) in [6.07, 6.45) is 0.0341. The minimum absolute atomic E-state index is 0.0341. The first-order valence-corrected chi connectivity index (χ1v) is 9.19. The Kier molecular flexibility index (Phi) is 4.84. The minimum Gasteiger partial charge on any atom is -0.493 e. The summed E-state index contributed by atoms with van der Waals surface area (Å²) in [5, 5.41) is 0. The molecule has 0 atom stereocenters. The summed E-state index contributed by atoms with van der Waals surface area (Å²) < 4.78 is 34.5. The summed E-state index contributed by atoms with van der Waals surface area (Å²) in [5.41, 5.74) is 0.487. The third-order valence-electron chi connectivity index (χ3n) is 2.96. The maximum Gasteiger partial charge on any atom is 0.236 e. The van der Waals surface area contributed by atoms with Gasteiger partial charge in [-0.15, -0.1) is 0 Å². The Morgan fingerprint density at radius 1 is 1.45 bits per heavy atom. The fourth-order valence-electron chi connectivity index (χ4n) is 2.08. The maximum atomic E-state index is 11.3. The van der Waals surface area contributed by atoms with Crippen LogP contribution in [0.4, 0.5) is 0 Å². The zero-order chi connectivity index (χ0) is 14.9. The lowest BCUT2D eigenvalue weighted by Gasteiger charge is -2.36. The molecular formula is C12H15BrClNO4S. The van der Waals surface area contributed by atoms with E-state index in [9.17, 15) is 8.42 Å². The molecule has 20 heavy (non-hydrogen) atoms. The molecule has 1 heterocycles. The summed E-state index contributed by atoms with van der Waals surface area (Å²) in [6, 6.07) is 3.42. The van der Waals surface area contributed by atoms with E-state index in [0.29, 0.717) is 21.5 Å². The fraction of sp³-hybridized carbons (Fsp3) is 0.500. The van der Waals surface area contributed by atoms with E-state index in [0.717, 1.165) is 13.1 Å². The van der Waals surface area contributed by atoms with Gasteiger partial charge in [-0.2, -0.15) is 0 Å². The van der Waals surface area contributed by atoms with Crippen LogP contribution >= 0.6 is 26.6 Å². The molecule has 0 bridgehead atoms. The van der Waals surface area contributed by atoms with Crippen LogP contribution in [0.3, 0.4) is 0 Å². The van der Waals surface area contributed by atoms with Gasteiger partial charge in [0.15, 0.2) is 11.5 Å². The highest BCUT2D eigenvalue weighted by atomic mass is 79.9. The maximum absolute atomic E-state index is 11.3. The van der Waals surface area contributed by atoms with Crippen molar-refractivity contribution in [3.8, 4) is 11.5 Å². The molecule has 1 aromatic rings. The molecule has 1 fully saturated rings. The SMILES string of the molecule is COc1cc(Br)cc(CS(=O)(=O)Cl)c1OC1CN(C)C1. The summed E-state index contributed by atoms with van der Waals surface area (Å²) in [5.74, 6) is 0.629. The molecule has 0 aliphatic carbocycles. The lowest BCUT2D eigenvalue weighted by molar-refractivity contribution is 0.0364. The molecule has 5 nitrogen and oxygen atoms in total. The van der Waals surface area contributed by atoms with E-state index in [4.69, 9.17) is 20.2 Å². The molecule has 2 rings (SSSR count). The van der Waals surface area contributed by atoms with Gasteiger partial charge in [0.25, 0.3) is 0 Å². The number of nitrogens with zero attached hydrogens (tertiary/aromatic N) is 1. The normalized spacial score (nSPS) is 16.8. The number of ether oxygens (including phenoxy) is 2. The molecule has 8 heteroatoms. The molecule has 0 saturated carbocycles. The van der Waals surface area contributed by atoms with Gasteiger partial charge in [0.05, 0.1) is 12.9 Å². The number of benzene rings is 1. The van der Waals surface area contributed by atoms with Gasteiger partial charge in [-0.3, -0.25) is 4.90 Å². The smallest absolute Gasteiger partial charge is 0.236 e. The van der Waals surface area contributed by atoms with Crippen molar-refractivity contribution in [2.75, 3.05) is 27.2 Å². The van der Waals surface area contributed by atoms with E-state index in [-0.39, 0.29) is 11.9 Å². The summed E-state index contributed by atoms with van der Waals surface area (Å²) >= 11 is 3.32. The average Bonchev–Trinajstić information content (AvgIpc) is 2.27. The van der Waals surface area contributed by atoms with Gasteiger partial charge in [0.2, 0.25) is 9.05 Å². The summed E-state index contributed by atoms with van der Waals surface area (Å²) in [7, 11) is 5.18. The van der Waals surface area contributed by atoms with Crippen molar-refractivity contribution in [2.45, 2.75) is 11.9 Å². The second-order valence-electron chi connectivity index (χ2n) is 4.74. The fourth-order valence-corrected chi connectivity index (χ4v) is 3.51. The zero-order valence-electron chi connectivity index (χ0n) is 11.1. The first-order chi connectivity index (χ1) is 9.28. The molecule has 1 aromatic carbocycles. The van der Waals surface area contributed by atoms with Crippen molar-refractivity contribution in [3.63, 3.8) is 0 Å². The predicted molar refractivity (Wildman–Crippen MR) is 81.1 cm³/mol. The van der Waals surface area contributed by atoms with E-state index in [1.165, 1.54) is 7.11 Å². The summed E-state index contributed by atoms with van der Waals surface area (Å²) in [4.78, 5) is 2.11. The van der Waals surface area contributed by atoms with Crippen molar-refractivity contribution >= 4 is 35.7 Å². The van der Waals surface area contributed by atoms with Crippen molar-refractivity contribution < 1.29 is 17.9 Å². The molecule has 0 unspecified atom stereocenters. The highest BCUT2D eigenvalue weighted by Gasteiger charge is 2.28. The van der Waals surface area contributed by atoms with Gasteiger partial charge in [-0.1, -0.05) is 15.9 Å². The van der Waals surface area contributed by atoms with Crippen LogP contribution in [0.1, 0.15) is 5.56 Å². The largest absolute Gasteiger partial charge is 0.493 e. The van der Waals surface area contributed by atoms with Crippen LogP contribution in [-0.4, -0.2) is 46.7 Å². The Balaban J connectivity index is 2.34. The van der Waals surface area contributed by atoms with Gasteiger partial charge >= 0.3 is 0 Å². The van der Waals surface area contributed by atoms with Crippen molar-refractivity contribution in [2.24, 2.45) is 0 Å². The van der Waals surface area contributed by atoms with Crippen molar-refractivity contribution in [1.29, 1.82) is 0 Å². The van der Waals surface area contributed by atoms with Crippen LogP contribution < -0.4 is 9.47 Å². The van der Waals surface area contributed by atoms with Gasteiger partial charge in [0.1, 0.15) is 6.10 Å². The molecule has 0 N–H and O–H groups in total. The van der Waals surface area contributed by atoms with E-state index in [1.54, 1.807) is 12.1 Å². The number of hydrogen-bond acceptors (Lipinski definition) is 5. The standard InChI is InChI=1S/C12H15BrClNO4S/c1-15-5-10(6-15)19-12-8(7-20(14,16)17)3-9(13)4-11(12)18-2/h3-4,10H,5-7H2,1-2H3. The molecule has 0 radical (unpaired) electrons. The molecule has 1 aliphatic heterocycles. The molecule has 0 amide bonds. The molecule has 0 aromatic heterocycles. The average molecular weight is 385 g/mol. The number of rotatable bonds is 5. The van der Waals surface area contributed by atoms with E-state index >= 15 is 0 Å². The van der Waals surface area contributed by atoms with Gasteiger partial charge < -0.3 is 9.47 Å². The Hall–Kier alpha value is -0.500. The van der Waals surface area contributed by atoms with Crippen LogP contribution in [0.2, 0.25) is 0 Å². The van der Waals surface area contributed by atoms with Crippen LogP contribution in [-0.2, 0) is 14.8 Å². The first kappa shape index (κ1) is 15.9. The number of methoxy groups -OCH3 is 1. The summed E-state index contributed by atoms with van der Waals surface area (Å²) in [6.45, 7) is 1.60. The van der Waals surface area contributed by atoms with Gasteiger partial charge in [0, 0.05) is 33.8 Å². The number of halogens is 2. The minimum atomic E-state index is -3.67. The zero-order valence-corrected chi connectivity index (χ0v) is 14.3. The second kappa shape index (κ2) is 6.09. The Morgan fingerprint density at radius 2 is 2.10 bits per heavy atom. The Bertz CT molecular complexity index is 602.